The van der Waals surface area contributed by atoms with Crippen LogP contribution >= 0.6 is 0 Å². The van der Waals surface area contributed by atoms with E-state index in [-0.39, 0.29) is 18.1 Å². The second-order valence-corrected chi connectivity index (χ2v) is 6.27. The summed E-state index contributed by atoms with van der Waals surface area (Å²) in [6, 6.07) is 7.69. The van der Waals surface area contributed by atoms with Crippen LogP contribution in [0.25, 0.3) is 0 Å². The van der Waals surface area contributed by atoms with Crippen molar-refractivity contribution in [2.45, 2.75) is 46.2 Å². The Balaban J connectivity index is 2.79. The zero-order valence-electron chi connectivity index (χ0n) is 16.1. The molecule has 0 amide bonds. The van der Waals surface area contributed by atoms with Crippen molar-refractivity contribution in [1.29, 1.82) is 0 Å². The summed E-state index contributed by atoms with van der Waals surface area (Å²) >= 11 is 0. The van der Waals surface area contributed by atoms with E-state index in [0.29, 0.717) is 5.56 Å². The molecular weight excluding hydrogens is 316 g/mol. The Morgan fingerprint density at radius 3 is 2.72 bits per heavy atom. The molecule has 0 saturated carbocycles. The fourth-order valence-corrected chi connectivity index (χ4v) is 2.22. The molecule has 0 aliphatic rings. The van der Waals surface area contributed by atoms with Gasteiger partial charge in [0.25, 0.3) is 0 Å². The number of carbonyl (C=O) groups excluding carboxylic acids is 1. The second kappa shape index (κ2) is 10.5. The molecule has 0 aliphatic carbocycles. The van der Waals surface area contributed by atoms with Crippen molar-refractivity contribution in [2.75, 3.05) is 26.0 Å². The third-order valence-electron chi connectivity index (χ3n) is 3.81. The number of nitrogens with zero attached hydrogens (tertiary/aromatic N) is 3. The third-order valence-corrected chi connectivity index (χ3v) is 3.81. The minimum atomic E-state index is -0.336. The first-order chi connectivity index (χ1) is 11.9. The van der Waals surface area contributed by atoms with Crippen LogP contribution in [0.2, 0.25) is 0 Å². The van der Waals surface area contributed by atoms with Crippen molar-refractivity contribution in [3.63, 3.8) is 0 Å². The molecule has 0 bridgehead atoms. The van der Waals surface area contributed by atoms with Gasteiger partial charge in [-0.1, -0.05) is 22.9 Å². The Morgan fingerprint density at radius 2 is 2.12 bits per heavy atom. The predicted molar refractivity (Wildman–Crippen MR) is 102 cm³/mol. The van der Waals surface area contributed by atoms with Crippen LogP contribution in [0.3, 0.4) is 0 Å². The van der Waals surface area contributed by atoms with Crippen LogP contribution < -0.4 is 5.32 Å². The van der Waals surface area contributed by atoms with Gasteiger partial charge in [-0.25, -0.2) is 4.79 Å². The zero-order chi connectivity index (χ0) is 18.8. The monoisotopic (exact) mass is 346 g/mol. The molecule has 1 aromatic carbocycles. The van der Waals surface area contributed by atoms with Crippen molar-refractivity contribution in [1.82, 2.24) is 5.01 Å². The first kappa shape index (κ1) is 20.7. The SMILES string of the molecule is C/C=C(\C)C(CCN(C)N=NC(C)C)Nc1cccc(C(=O)OC)c1. The van der Waals surface area contributed by atoms with E-state index in [4.69, 9.17) is 4.74 Å². The summed E-state index contributed by atoms with van der Waals surface area (Å²) in [6.45, 7) is 8.89. The molecule has 1 unspecified atom stereocenters. The second-order valence-electron chi connectivity index (χ2n) is 6.27. The van der Waals surface area contributed by atoms with Crippen molar-refractivity contribution in [2.24, 2.45) is 10.3 Å². The zero-order valence-corrected chi connectivity index (χ0v) is 16.1. The summed E-state index contributed by atoms with van der Waals surface area (Å²) in [5.74, 6) is -0.336. The molecule has 0 radical (unpaired) electrons. The normalized spacial score (nSPS) is 13.2. The maximum Gasteiger partial charge on any atom is 0.337 e. The molecule has 0 saturated heterocycles. The van der Waals surface area contributed by atoms with Crippen LogP contribution in [-0.2, 0) is 4.74 Å². The lowest BCUT2D eigenvalue weighted by molar-refractivity contribution is 0.0601. The maximum absolute atomic E-state index is 11.7. The molecule has 1 rings (SSSR count). The Hall–Kier alpha value is -2.37. The topological polar surface area (TPSA) is 66.3 Å². The van der Waals surface area contributed by atoms with Gasteiger partial charge < -0.3 is 10.1 Å². The lowest BCUT2D eigenvalue weighted by Gasteiger charge is -2.23. The Kier molecular flexibility index (Phi) is 8.67. The van der Waals surface area contributed by atoms with Crippen LogP contribution in [0.15, 0.2) is 46.3 Å². The standard InChI is InChI=1S/C19H30N4O2/c1-7-15(4)18(11-12-23(5)22-21-14(2)3)20-17-10-8-9-16(13-17)19(24)25-6/h7-10,13-14,18,20H,11-12H2,1-6H3/b15-7+,22-21?. The predicted octanol–water partition coefficient (Wildman–Crippen LogP) is 4.32. The van der Waals surface area contributed by atoms with Gasteiger partial charge in [0.15, 0.2) is 0 Å². The molecule has 0 aliphatic heterocycles. The van der Waals surface area contributed by atoms with Crippen molar-refractivity contribution in [3.8, 4) is 0 Å². The molecule has 6 nitrogen and oxygen atoms in total. The van der Waals surface area contributed by atoms with Crippen LogP contribution in [0.5, 0.6) is 0 Å². The van der Waals surface area contributed by atoms with Gasteiger partial charge in [-0.15, -0.1) is 0 Å². The van der Waals surface area contributed by atoms with Gasteiger partial charge in [0, 0.05) is 25.3 Å². The molecule has 0 heterocycles. The van der Waals surface area contributed by atoms with E-state index in [9.17, 15) is 4.79 Å². The van der Waals surface area contributed by atoms with E-state index in [1.807, 2.05) is 51.0 Å². The summed E-state index contributed by atoms with van der Waals surface area (Å²) in [4.78, 5) is 11.7. The largest absolute Gasteiger partial charge is 0.465 e. The van der Waals surface area contributed by atoms with Crippen molar-refractivity contribution >= 4 is 11.7 Å². The number of allylic oxidation sites excluding steroid dienone is 1. The summed E-state index contributed by atoms with van der Waals surface area (Å²) in [5, 5.41) is 13.7. The summed E-state index contributed by atoms with van der Waals surface area (Å²) in [7, 11) is 3.31. The number of anilines is 1. The van der Waals surface area contributed by atoms with E-state index >= 15 is 0 Å². The smallest absolute Gasteiger partial charge is 0.337 e. The first-order valence-corrected chi connectivity index (χ1v) is 8.57. The van der Waals surface area contributed by atoms with Gasteiger partial charge >= 0.3 is 5.97 Å². The number of methoxy groups -OCH3 is 1. The molecular formula is C19H30N4O2. The highest BCUT2D eigenvalue weighted by atomic mass is 16.5. The van der Waals surface area contributed by atoms with Gasteiger partial charge in [0.2, 0.25) is 0 Å². The van der Waals surface area contributed by atoms with Crippen LogP contribution in [-0.4, -0.2) is 43.8 Å². The van der Waals surface area contributed by atoms with Crippen LogP contribution in [0.4, 0.5) is 5.69 Å². The fraction of sp³-hybridized carbons (Fsp3) is 0.526. The molecule has 138 valence electrons. The highest BCUT2D eigenvalue weighted by molar-refractivity contribution is 5.90. The van der Waals surface area contributed by atoms with Gasteiger partial charge in [-0.3, -0.25) is 5.01 Å². The number of hydrogen-bond donors (Lipinski definition) is 1. The van der Waals surface area contributed by atoms with Crippen molar-refractivity contribution in [3.05, 3.63) is 41.5 Å². The Bertz CT molecular complexity index is 611. The van der Waals surface area contributed by atoms with Gasteiger partial charge in [0.1, 0.15) is 0 Å². The quantitative estimate of drug-likeness (QED) is 0.313. The highest BCUT2D eigenvalue weighted by Gasteiger charge is 2.13. The minimum absolute atomic E-state index is 0.148. The summed E-state index contributed by atoms with van der Waals surface area (Å²) in [5.41, 5.74) is 2.66. The average Bonchev–Trinajstić information content (AvgIpc) is 2.62. The minimum Gasteiger partial charge on any atom is -0.465 e. The number of hydrogen-bond acceptors (Lipinski definition) is 5. The van der Waals surface area contributed by atoms with Crippen LogP contribution in [0, 0.1) is 0 Å². The number of benzene rings is 1. The van der Waals surface area contributed by atoms with E-state index in [1.54, 1.807) is 6.07 Å². The number of esters is 1. The number of ether oxygens (including phenoxy) is 1. The Labute approximate surface area is 150 Å². The molecule has 0 aromatic heterocycles. The molecule has 25 heavy (non-hydrogen) atoms. The number of nitrogens with one attached hydrogen (secondary N) is 1. The highest BCUT2D eigenvalue weighted by Crippen LogP contribution is 2.17. The molecule has 1 N–H and O–H groups in total. The van der Waals surface area contributed by atoms with E-state index in [1.165, 1.54) is 12.7 Å². The van der Waals surface area contributed by atoms with Crippen molar-refractivity contribution < 1.29 is 9.53 Å². The molecule has 1 aromatic rings. The van der Waals surface area contributed by atoms with Gasteiger partial charge in [-0.05, 0) is 52.3 Å². The molecule has 0 fully saturated rings. The number of carbonyl (C=O) groups is 1. The van der Waals surface area contributed by atoms with Crippen LogP contribution in [0.1, 0.15) is 44.5 Å². The lowest BCUT2D eigenvalue weighted by atomic mass is 10.0. The molecule has 0 spiro atoms. The van der Waals surface area contributed by atoms with E-state index < -0.39 is 0 Å². The molecule has 1 atom stereocenters. The van der Waals surface area contributed by atoms with Gasteiger partial charge in [0.05, 0.1) is 18.7 Å². The van der Waals surface area contributed by atoms with E-state index in [0.717, 1.165) is 18.7 Å². The summed E-state index contributed by atoms with van der Waals surface area (Å²) in [6.07, 6.45) is 2.96. The third kappa shape index (κ3) is 7.37. The Morgan fingerprint density at radius 1 is 1.40 bits per heavy atom. The number of rotatable bonds is 9. The average molecular weight is 346 g/mol. The maximum atomic E-state index is 11.7. The van der Waals surface area contributed by atoms with Gasteiger partial charge in [-0.2, -0.15) is 5.11 Å². The lowest BCUT2D eigenvalue weighted by Crippen LogP contribution is -2.26. The van der Waals surface area contributed by atoms with E-state index in [2.05, 4.69) is 28.7 Å². The summed E-state index contributed by atoms with van der Waals surface area (Å²) < 4.78 is 4.78. The molecule has 6 heteroatoms. The first-order valence-electron chi connectivity index (χ1n) is 8.57. The fourth-order valence-electron chi connectivity index (χ4n) is 2.22.